The van der Waals surface area contributed by atoms with Crippen molar-refractivity contribution in [3.63, 3.8) is 0 Å². The lowest BCUT2D eigenvalue weighted by Gasteiger charge is -2.40. The van der Waals surface area contributed by atoms with Crippen LogP contribution in [0.1, 0.15) is 43.8 Å². The minimum atomic E-state index is -1.39. The summed E-state index contributed by atoms with van der Waals surface area (Å²) < 4.78 is 21.0. The number of likely N-dealkylation sites (tertiary alicyclic amines) is 1. The number of thioether (sulfide) groups is 1. The van der Waals surface area contributed by atoms with Crippen LogP contribution in [0.15, 0.2) is 53.8 Å². The second-order valence-electron chi connectivity index (χ2n) is 9.34. The predicted octanol–water partition coefficient (Wildman–Crippen LogP) is 5.85. The Morgan fingerprint density at radius 2 is 2.11 bits per heavy atom. The Labute approximate surface area is 225 Å². The molecule has 37 heavy (non-hydrogen) atoms. The number of nitrogens with zero attached hydrogens (tertiary/aromatic N) is 3. The molecule has 10 heteroatoms. The molecule has 1 aliphatic heterocycles. The SMILES string of the molecule is COc1ccc2ncc(Cl)c(C(F)CCC3(C(=O)NO)CCN(CCCSc4ccccn4)CC3)c2c1. The van der Waals surface area contributed by atoms with E-state index in [1.807, 2.05) is 23.7 Å². The highest BCUT2D eigenvalue weighted by molar-refractivity contribution is 7.99. The number of hydroxylamine groups is 1. The van der Waals surface area contributed by atoms with E-state index in [1.165, 1.54) is 6.20 Å². The van der Waals surface area contributed by atoms with E-state index in [-0.39, 0.29) is 11.4 Å². The molecule has 0 aliphatic carbocycles. The van der Waals surface area contributed by atoms with Crippen LogP contribution in [0.25, 0.3) is 10.9 Å². The lowest BCUT2D eigenvalue weighted by Crippen LogP contribution is -2.48. The Kier molecular flexibility index (Phi) is 9.59. The van der Waals surface area contributed by atoms with Crippen molar-refractivity contribution < 1.29 is 19.1 Å². The van der Waals surface area contributed by atoms with Crippen molar-refractivity contribution in [1.29, 1.82) is 0 Å². The summed E-state index contributed by atoms with van der Waals surface area (Å²) in [4.78, 5) is 23.7. The van der Waals surface area contributed by atoms with Gasteiger partial charge in [0.15, 0.2) is 0 Å². The summed E-state index contributed by atoms with van der Waals surface area (Å²) >= 11 is 8.11. The molecule has 198 valence electrons. The molecule has 3 heterocycles. The van der Waals surface area contributed by atoms with Gasteiger partial charge in [0.2, 0.25) is 5.91 Å². The van der Waals surface area contributed by atoms with Crippen LogP contribution in [-0.2, 0) is 4.79 Å². The number of rotatable bonds is 11. The zero-order valence-electron chi connectivity index (χ0n) is 20.8. The fourth-order valence-corrected chi connectivity index (χ4v) is 6.03. The van der Waals surface area contributed by atoms with Gasteiger partial charge in [-0.2, -0.15) is 0 Å². The standard InChI is InChI=1S/C27H32ClFN4O3S/c1-36-19-6-7-23-20(17-19)25(21(28)18-31-23)22(29)8-9-27(26(34)32-35)10-14-33(15-11-27)13-4-16-37-24-5-2-3-12-30-24/h2-3,5-7,12,17-18,22,35H,4,8-11,13-16H2,1H3,(H,32,34). The number of hydrogen-bond donors (Lipinski definition) is 2. The lowest BCUT2D eigenvalue weighted by molar-refractivity contribution is -0.143. The first-order chi connectivity index (χ1) is 18.0. The number of hydrogen-bond acceptors (Lipinski definition) is 7. The maximum absolute atomic E-state index is 15.7. The second kappa shape index (κ2) is 12.9. The van der Waals surface area contributed by atoms with Crippen molar-refractivity contribution in [2.75, 3.05) is 32.5 Å². The van der Waals surface area contributed by atoms with Gasteiger partial charge in [0, 0.05) is 29.1 Å². The molecule has 1 aromatic carbocycles. The molecule has 1 atom stereocenters. The molecular formula is C27H32ClFN4O3S. The fraction of sp³-hybridized carbons (Fsp3) is 0.444. The van der Waals surface area contributed by atoms with Crippen molar-refractivity contribution in [3.8, 4) is 5.75 Å². The first-order valence-electron chi connectivity index (χ1n) is 12.4. The third-order valence-electron chi connectivity index (χ3n) is 7.16. The summed E-state index contributed by atoms with van der Waals surface area (Å²) in [5, 5.41) is 11.3. The van der Waals surface area contributed by atoms with E-state index in [0.29, 0.717) is 41.5 Å². The van der Waals surface area contributed by atoms with Crippen LogP contribution < -0.4 is 10.2 Å². The number of aromatic nitrogens is 2. The van der Waals surface area contributed by atoms with Crippen LogP contribution in [0.4, 0.5) is 4.39 Å². The Morgan fingerprint density at radius 1 is 1.30 bits per heavy atom. The summed E-state index contributed by atoms with van der Waals surface area (Å²) in [6.07, 6.45) is 4.37. The summed E-state index contributed by atoms with van der Waals surface area (Å²) in [5.74, 6) is 1.11. The monoisotopic (exact) mass is 546 g/mol. The molecule has 0 radical (unpaired) electrons. The molecule has 1 aliphatic rings. The zero-order chi connectivity index (χ0) is 26.3. The molecule has 2 N–H and O–H groups in total. The van der Waals surface area contributed by atoms with Gasteiger partial charge in [-0.1, -0.05) is 17.7 Å². The second-order valence-corrected chi connectivity index (χ2v) is 10.9. The molecule has 7 nitrogen and oxygen atoms in total. The van der Waals surface area contributed by atoms with Crippen LogP contribution in [-0.4, -0.2) is 58.5 Å². The summed E-state index contributed by atoms with van der Waals surface area (Å²) in [7, 11) is 1.55. The van der Waals surface area contributed by atoms with E-state index in [0.717, 1.165) is 36.8 Å². The van der Waals surface area contributed by atoms with Gasteiger partial charge in [0.1, 0.15) is 11.9 Å². The molecule has 2 aromatic heterocycles. The summed E-state index contributed by atoms with van der Waals surface area (Å²) in [6, 6.07) is 11.2. The number of halogens is 2. The number of fused-ring (bicyclic) bond motifs is 1. The molecule has 1 fully saturated rings. The van der Waals surface area contributed by atoms with Gasteiger partial charge >= 0.3 is 0 Å². The zero-order valence-corrected chi connectivity index (χ0v) is 22.4. The number of alkyl halides is 1. The van der Waals surface area contributed by atoms with Crippen LogP contribution in [0.2, 0.25) is 5.02 Å². The first-order valence-corrected chi connectivity index (χ1v) is 13.8. The molecule has 0 saturated carbocycles. The van der Waals surface area contributed by atoms with Gasteiger partial charge in [-0.15, -0.1) is 11.8 Å². The molecule has 4 rings (SSSR count). The fourth-order valence-electron chi connectivity index (χ4n) is 4.97. The number of benzene rings is 1. The highest BCUT2D eigenvalue weighted by Gasteiger charge is 2.41. The molecule has 0 spiro atoms. The van der Waals surface area contributed by atoms with Crippen molar-refractivity contribution >= 4 is 40.2 Å². The lowest BCUT2D eigenvalue weighted by atomic mass is 9.73. The minimum absolute atomic E-state index is 0.101. The summed E-state index contributed by atoms with van der Waals surface area (Å²) in [5.41, 5.74) is 1.99. The quantitative estimate of drug-likeness (QED) is 0.135. The van der Waals surface area contributed by atoms with E-state index in [9.17, 15) is 10.0 Å². The largest absolute Gasteiger partial charge is 0.497 e. The number of ether oxygens (including phenoxy) is 1. The molecule has 1 amide bonds. The van der Waals surface area contributed by atoms with E-state index >= 15 is 4.39 Å². The van der Waals surface area contributed by atoms with E-state index in [4.69, 9.17) is 16.3 Å². The molecular weight excluding hydrogens is 515 g/mol. The van der Waals surface area contributed by atoms with Gasteiger partial charge in [-0.3, -0.25) is 15.0 Å². The minimum Gasteiger partial charge on any atom is -0.497 e. The van der Waals surface area contributed by atoms with Crippen LogP contribution in [0.3, 0.4) is 0 Å². The van der Waals surface area contributed by atoms with E-state index < -0.39 is 17.5 Å². The molecule has 0 bridgehead atoms. The van der Waals surface area contributed by atoms with Crippen LogP contribution in [0, 0.1) is 5.41 Å². The van der Waals surface area contributed by atoms with Gasteiger partial charge in [-0.25, -0.2) is 14.9 Å². The Hall–Kier alpha value is -2.46. The molecule has 1 saturated heterocycles. The van der Waals surface area contributed by atoms with E-state index in [2.05, 4.69) is 14.9 Å². The van der Waals surface area contributed by atoms with Crippen molar-refractivity contribution in [2.45, 2.75) is 43.3 Å². The average Bonchev–Trinajstić information content (AvgIpc) is 2.94. The number of pyridine rings is 2. The Morgan fingerprint density at radius 3 is 2.81 bits per heavy atom. The Bertz CT molecular complexity index is 1190. The number of carbonyl (C=O) groups excluding carboxylic acids is 1. The van der Waals surface area contributed by atoms with Crippen molar-refractivity contribution in [1.82, 2.24) is 20.3 Å². The van der Waals surface area contributed by atoms with Crippen molar-refractivity contribution in [2.24, 2.45) is 5.41 Å². The topological polar surface area (TPSA) is 87.6 Å². The van der Waals surface area contributed by atoms with Gasteiger partial charge in [0.25, 0.3) is 0 Å². The van der Waals surface area contributed by atoms with E-state index in [1.54, 1.807) is 43.3 Å². The molecule has 1 unspecified atom stereocenters. The molecule has 3 aromatic rings. The number of piperidine rings is 1. The predicted molar refractivity (Wildman–Crippen MR) is 144 cm³/mol. The number of methoxy groups -OCH3 is 1. The highest BCUT2D eigenvalue weighted by Crippen LogP contribution is 2.42. The van der Waals surface area contributed by atoms with Gasteiger partial charge in [-0.05, 0) is 82.1 Å². The maximum Gasteiger partial charge on any atom is 0.249 e. The van der Waals surface area contributed by atoms with Crippen LogP contribution in [0.5, 0.6) is 5.75 Å². The smallest absolute Gasteiger partial charge is 0.249 e. The third kappa shape index (κ3) is 6.71. The van der Waals surface area contributed by atoms with Gasteiger partial charge in [0.05, 0.1) is 28.1 Å². The summed E-state index contributed by atoms with van der Waals surface area (Å²) in [6.45, 7) is 2.35. The third-order valence-corrected chi connectivity index (χ3v) is 8.49. The highest BCUT2D eigenvalue weighted by atomic mass is 35.5. The number of nitrogens with one attached hydrogen (secondary N) is 1. The normalized spacial score (nSPS) is 16.4. The average molecular weight is 547 g/mol. The van der Waals surface area contributed by atoms with Crippen molar-refractivity contribution in [3.05, 3.63) is 59.4 Å². The number of amides is 1. The van der Waals surface area contributed by atoms with Crippen LogP contribution >= 0.6 is 23.4 Å². The number of carbonyl (C=O) groups is 1. The maximum atomic E-state index is 15.7. The van der Waals surface area contributed by atoms with Gasteiger partial charge < -0.3 is 9.64 Å². The first kappa shape index (κ1) is 27.6. The Balaban J connectivity index is 1.36.